The van der Waals surface area contributed by atoms with Crippen LogP contribution in [0.25, 0.3) is 0 Å². The number of hydrogen-bond acceptors (Lipinski definition) is 5. The molecule has 2 N–H and O–H groups in total. The third kappa shape index (κ3) is 4.60. The highest BCUT2D eigenvalue weighted by Gasteiger charge is 2.33. The van der Waals surface area contributed by atoms with E-state index in [0.29, 0.717) is 34.3 Å². The Balaban J connectivity index is 1.61. The molecule has 1 amide bonds. The number of ether oxygens (including phenoxy) is 1. The predicted molar refractivity (Wildman–Crippen MR) is 120 cm³/mol. The molecule has 0 saturated carbocycles. The molecule has 3 aromatic carbocycles. The fraction of sp³-hybridized carbons (Fsp3) is 0.130. The summed E-state index contributed by atoms with van der Waals surface area (Å²) in [6.07, 6.45) is 0.257. The standard InChI is InChI=1S/C23H18ClN3O4S/c24-17-4-9-21(22(12-17)31-19-3-1-2-15(10-19)13-25)16-11-23(28)27(14-16)18-5-7-20(8-6-18)32(26,29)30/h1-10,12,16H,11,14H2,(H2,26,29,30)/t16-/m0/s1. The zero-order valence-electron chi connectivity index (χ0n) is 16.7. The molecule has 32 heavy (non-hydrogen) atoms. The topological polar surface area (TPSA) is 113 Å². The smallest absolute Gasteiger partial charge is 0.238 e. The van der Waals surface area contributed by atoms with Gasteiger partial charge >= 0.3 is 0 Å². The molecule has 0 radical (unpaired) electrons. The monoisotopic (exact) mass is 467 g/mol. The van der Waals surface area contributed by atoms with Gasteiger partial charge in [0.15, 0.2) is 0 Å². The molecule has 1 aliphatic heterocycles. The van der Waals surface area contributed by atoms with Crippen LogP contribution in [0.4, 0.5) is 5.69 Å². The van der Waals surface area contributed by atoms with Crippen LogP contribution in [0.5, 0.6) is 11.5 Å². The van der Waals surface area contributed by atoms with Gasteiger partial charge in [-0.05, 0) is 54.6 Å². The Bertz CT molecular complexity index is 1330. The summed E-state index contributed by atoms with van der Waals surface area (Å²) in [5, 5.41) is 14.7. The van der Waals surface area contributed by atoms with E-state index in [2.05, 4.69) is 6.07 Å². The highest BCUT2D eigenvalue weighted by Crippen LogP contribution is 2.39. The van der Waals surface area contributed by atoms with Gasteiger partial charge in [0.1, 0.15) is 11.5 Å². The Morgan fingerprint density at radius 2 is 1.84 bits per heavy atom. The first kappa shape index (κ1) is 21.8. The molecule has 3 aromatic rings. The lowest BCUT2D eigenvalue weighted by atomic mass is 9.97. The maximum absolute atomic E-state index is 12.7. The van der Waals surface area contributed by atoms with Gasteiger partial charge in [-0.3, -0.25) is 4.79 Å². The molecule has 0 bridgehead atoms. The molecule has 0 aromatic heterocycles. The van der Waals surface area contributed by atoms with E-state index >= 15 is 0 Å². The first-order valence-electron chi connectivity index (χ1n) is 9.65. The molecule has 1 aliphatic rings. The van der Waals surface area contributed by atoms with Crippen LogP contribution in [0.1, 0.15) is 23.5 Å². The molecule has 9 heteroatoms. The van der Waals surface area contributed by atoms with Gasteiger partial charge < -0.3 is 9.64 Å². The van der Waals surface area contributed by atoms with Crippen LogP contribution in [-0.4, -0.2) is 20.9 Å². The molecule has 1 fully saturated rings. The number of hydrogen-bond donors (Lipinski definition) is 1. The predicted octanol–water partition coefficient (Wildman–Crippen LogP) is 4.17. The number of amides is 1. The molecule has 1 saturated heterocycles. The second kappa shape index (κ2) is 8.63. The summed E-state index contributed by atoms with van der Waals surface area (Å²) in [5.74, 6) is 0.752. The number of nitrogens with two attached hydrogens (primary N) is 1. The van der Waals surface area contributed by atoms with E-state index in [4.69, 9.17) is 26.7 Å². The number of anilines is 1. The number of halogens is 1. The molecule has 1 atom stereocenters. The van der Waals surface area contributed by atoms with Gasteiger partial charge in [0.05, 0.1) is 16.5 Å². The van der Waals surface area contributed by atoms with Gasteiger partial charge in [-0.25, -0.2) is 13.6 Å². The summed E-state index contributed by atoms with van der Waals surface area (Å²) in [4.78, 5) is 14.3. The zero-order valence-corrected chi connectivity index (χ0v) is 18.3. The first-order chi connectivity index (χ1) is 15.2. The van der Waals surface area contributed by atoms with Crippen molar-refractivity contribution in [1.29, 1.82) is 5.26 Å². The lowest BCUT2D eigenvalue weighted by molar-refractivity contribution is -0.117. The number of nitrogens with zero attached hydrogens (tertiary/aromatic N) is 2. The van der Waals surface area contributed by atoms with Crippen LogP contribution in [-0.2, 0) is 14.8 Å². The van der Waals surface area contributed by atoms with E-state index in [1.54, 1.807) is 53.4 Å². The molecule has 0 spiro atoms. The summed E-state index contributed by atoms with van der Waals surface area (Å²) in [6.45, 7) is 0.393. The molecule has 4 rings (SSSR count). The van der Waals surface area contributed by atoms with Gasteiger partial charge in [-0.15, -0.1) is 0 Å². The van der Waals surface area contributed by atoms with Crippen LogP contribution >= 0.6 is 11.6 Å². The lowest BCUT2D eigenvalue weighted by Crippen LogP contribution is -2.24. The molecular formula is C23H18ClN3O4S. The largest absolute Gasteiger partial charge is 0.457 e. The summed E-state index contributed by atoms with van der Waals surface area (Å²) in [6, 6.07) is 20.0. The van der Waals surface area contributed by atoms with Crippen molar-refractivity contribution in [2.45, 2.75) is 17.2 Å². The SMILES string of the molecule is N#Cc1cccc(Oc2cc(Cl)ccc2[C@H]2CC(=O)N(c3ccc(S(N)(=O)=O)cc3)C2)c1. The van der Waals surface area contributed by atoms with Crippen molar-refractivity contribution in [1.82, 2.24) is 0 Å². The first-order valence-corrected chi connectivity index (χ1v) is 11.6. The summed E-state index contributed by atoms with van der Waals surface area (Å²) in [5.41, 5.74) is 1.87. The lowest BCUT2D eigenvalue weighted by Gasteiger charge is -2.19. The van der Waals surface area contributed by atoms with Crippen LogP contribution < -0.4 is 14.8 Å². The number of carbonyl (C=O) groups is 1. The maximum atomic E-state index is 12.7. The Morgan fingerprint density at radius 3 is 2.53 bits per heavy atom. The van der Waals surface area contributed by atoms with E-state index < -0.39 is 10.0 Å². The Hall–Kier alpha value is -3.38. The number of nitriles is 1. The zero-order chi connectivity index (χ0) is 22.9. The number of sulfonamides is 1. The molecular weight excluding hydrogens is 450 g/mol. The fourth-order valence-corrected chi connectivity index (χ4v) is 4.35. The Kier molecular flexibility index (Phi) is 5.89. The van der Waals surface area contributed by atoms with Gasteiger partial charge in [0.2, 0.25) is 15.9 Å². The van der Waals surface area contributed by atoms with Crippen molar-refractivity contribution in [2.75, 3.05) is 11.4 Å². The molecule has 7 nitrogen and oxygen atoms in total. The van der Waals surface area contributed by atoms with Crippen molar-refractivity contribution >= 4 is 33.2 Å². The van der Waals surface area contributed by atoms with Gasteiger partial charge in [0.25, 0.3) is 0 Å². The number of rotatable bonds is 5. The van der Waals surface area contributed by atoms with Crippen LogP contribution in [0.3, 0.4) is 0 Å². The van der Waals surface area contributed by atoms with Crippen molar-refractivity contribution in [3.05, 3.63) is 82.9 Å². The average Bonchev–Trinajstić information content (AvgIpc) is 3.15. The van der Waals surface area contributed by atoms with E-state index in [0.717, 1.165) is 5.56 Å². The van der Waals surface area contributed by atoms with Crippen molar-refractivity contribution in [2.24, 2.45) is 5.14 Å². The Labute approximate surface area is 190 Å². The minimum absolute atomic E-state index is 0.0163. The second-order valence-corrected chi connectivity index (χ2v) is 9.37. The summed E-state index contributed by atoms with van der Waals surface area (Å²) in [7, 11) is -3.81. The molecule has 0 aliphatic carbocycles. The minimum atomic E-state index is -3.81. The minimum Gasteiger partial charge on any atom is -0.457 e. The normalized spacial score (nSPS) is 16.1. The van der Waals surface area contributed by atoms with Crippen molar-refractivity contribution in [3.8, 4) is 17.6 Å². The van der Waals surface area contributed by atoms with Crippen molar-refractivity contribution < 1.29 is 17.9 Å². The number of benzene rings is 3. The third-order valence-corrected chi connectivity index (χ3v) is 6.37. The van der Waals surface area contributed by atoms with Crippen LogP contribution in [0.2, 0.25) is 5.02 Å². The van der Waals surface area contributed by atoms with Crippen LogP contribution in [0, 0.1) is 11.3 Å². The number of carbonyl (C=O) groups excluding carboxylic acids is 1. The number of primary sulfonamides is 1. The Morgan fingerprint density at radius 1 is 1.09 bits per heavy atom. The van der Waals surface area contributed by atoms with E-state index in [9.17, 15) is 13.2 Å². The van der Waals surface area contributed by atoms with E-state index in [1.165, 1.54) is 12.1 Å². The maximum Gasteiger partial charge on any atom is 0.238 e. The van der Waals surface area contributed by atoms with E-state index in [1.807, 2.05) is 6.07 Å². The fourth-order valence-electron chi connectivity index (χ4n) is 3.67. The van der Waals surface area contributed by atoms with Crippen molar-refractivity contribution in [3.63, 3.8) is 0 Å². The average molecular weight is 468 g/mol. The molecule has 0 unspecified atom stereocenters. The highest BCUT2D eigenvalue weighted by atomic mass is 35.5. The van der Waals surface area contributed by atoms with E-state index in [-0.39, 0.29) is 23.1 Å². The molecule has 162 valence electrons. The quantitative estimate of drug-likeness (QED) is 0.604. The van der Waals surface area contributed by atoms with Gasteiger partial charge in [-0.2, -0.15) is 5.26 Å². The summed E-state index contributed by atoms with van der Waals surface area (Å²) < 4.78 is 29.0. The highest BCUT2D eigenvalue weighted by molar-refractivity contribution is 7.89. The third-order valence-electron chi connectivity index (χ3n) is 5.21. The second-order valence-electron chi connectivity index (χ2n) is 7.37. The van der Waals surface area contributed by atoms with Gasteiger partial charge in [0, 0.05) is 35.2 Å². The molecule has 1 heterocycles. The van der Waals surface area contributed by atoms with Crippen LogP contribution in [0.15, 0.2) is 71.6 Å². The van der Waals surface area contributed by atoms with Gasteiger partial charge in [-0.1, -0.05) is 23.7 Å². The summed E-state index contributed by atoms with van der Waals surface area (Å²) >= 11 is 6.18.